The van der Waals surface area contributed by atoms with Crippen LogP contribution in [0.1, 0.15) is 36.5 Å². The van der Waals surface area contributed by atoms with Gasteiger partial charge in [0.25, 0.3) is 0 Å². The number of rotatable bonds is 8. The van der Waals surface area contributed by atoms with Gasteiger partial charge < -0.3 is 0 Å². The maximum Gasteiger partial charge on any atom is 0.343 e. The fraction of sp³-hybridized carbons (Fsp3) is 0.471. The highest BCUT2D eigenvalue weighted by atomic mass is 32.2. The highest BCUT2D eigenvalue weighted by Gasteiger charge is 2.27. The minimum atomic E-state index is -3.48. The van der Waals surface area contributed by atoms with Crippen molar-refractivity contribution in [2.45, 2.75) is 42.8 Å². The molecule has 0 radical (unpaired) electrons. The van der Waals surface area contributed by atoms with Gasteiger partial charge in [-0.1, -0.05) is 30.8 Å². The fourth-order valence-electron chi connectivity index (χ4n) is 2.94. The molecule has 8 nitrogen and oxygen atoms in total. The van der Waals surface area contributed by atoms with E-state index in [1.165, 1.54) is 44.9 Å². The van der Waals surface area contributed by atoms with Crippen molar-refractivity contribution in [3.63, 3.8) is 0 Å². The molecule has 1 N–H and O–H groups in total. The Balaban J connectivity index is 1.67. The Morgan fingerprint density at radius 2 is 1.89 bits per heavy atom. The molecule has 146 valence electrons. The molecule has 1 aromatic carbocycles. The van der Waals surface area contributed by atoms with Crippen LogP contribution in [0.3, 0.4) is 0 Å². The molecule has 0 unspecified atom stereocenters. The molecule has 27 heavy (non-hydrogen) atoms. The van der Waals surface area contributed by atoms with E-state index in [0.29, 0.717) is 30.4 Å². The van der Waals surface area contributed by atoms with Crippen molar-refractivity contribution < 1.29 is 13.2 Å². The van der Waals surface area contributed by atoms with E-state index >= 15 is 0 Å². The van der Waals surface area contributed by atoms with Crippen LogP contribution in [0.15, 0.2) is 39.1 Å². The van der Waals surface area contributed by atoms with E-state index < -0.39 is 10.0 Å². The molecular weight excluding hydrogens is 388 g/mol. The van der Waals surface area contributed by atoms with Crippen molar-refractivity contribution in [2.24, 2.45) is 0 Å². The molecule has 0 bridgehead atoms. The number of hydrogen-bond donors (Lipinski definition) is 1. The zero-order valence-corrected chi connectivity index (χ0v) is 16.7. The van der Waals surface area contributed by atoms with Crippen molar-refractivity contribution in [3.8, 4) is 0 Å². The summed E-state index contributed by atoms with van der Waals surface area (Å²) in [5.74, 6) is -0.0321. The molecule has 0 amide bonds. The first-order valence-electron chi connectivity index (χ1n) is 8.85. The van der Waals surface area contributed by atoms with Crippen molar-refractivity contribution in [2.75, 3.05) is 18.8 Å². The molecule has 1 aliphatic rings. The summed E-state index contributed by atoms with van der Waals surface area (Å²) in [5, 5.41) is 6.81. The van der Waals surface area contributed by atoms with Gasteiger partial charge in [0.1, 0.15) is 0 Å². The smallest absolute Gasteiger partial charge is 0.293 e. The van der Waals surface area contributed by atoms with Gasteiger partial charge in [-0.2, -0.15) is 4.31 Å². The number of sulfonamides is 1. The van der Waals surface area contributed by atoms with Gasteiger partial charge in [-0.15, -0.1) is 5.10 Å². The number of aromatic nitrogens is 3. The van der Waals surface area contributed by atoms with E-state index in [1.807, 2.05) is 6.92 Å². The van der Waals surface area contributed by atoms with Gasteiger partial charge in [0.2, 0.25) is 10.0 Å². The second kappa shape index (κ2) is 8.41. The number of ketones is 1. The van der Waals surface area contributed by atoms with E-state index in [4.69, 9.17) is 0 Å². The number of carbonyl (C=O) groups excluding carboxylic acids is 1. The molecule has 1 aromatic heterocycles. The third-order valence-electron chi connectivity index (χ3n) is 4.38. The van der Waals surface area contributed by atoms with Gasteiger partial charge in [-0.25, -0.2) is 18.3 Å². The minimum Gasteiger partial charge on any atom is -0.293 e. The van der Waals surface area contributed by atoms with Gasteiger partial charge in [0.15, 0.2) is 10.9 Å². The Labute approximate surface area is 162 Å². The summed E-state index contributed by atoms with van der Waals surface area (Å²) in [6.07, 6.45) is 2.54. The van der Waals surface area contributed by atoms with Gasteiger partial charge in [0, 0.05) is 25.2 Å². The molecule has 1 aliphatic heterocycles. The normalized spacial score (nSPS) is 15.3. The fourth-order valence-corrected chi connectivity index (χ4v) is 5.32. The number of H-pyrrole nitrogens is 1. The van der Waals surface area contributed by atoms with Gasteiger partial charge in [0.05, 0.1) is 10.6 Å². The van der Waals surface area contributed by atoms with Crippen molar-refractivity contribution >= 4 is 27.6 Å². The second-order valence-electron chi connectivity index (χ2n) is 6.31. The molecule has 0 saturated carbocycles. The highest BCUT2D eigenvalue weighted by molar-refractivity contribution is 7.99. The van der Waals surface area contributed by atoms with Crippen LogP contribution in [0.4, 0.5) is 0 Å². The maximum atomic E-state index is 12.5. The lowest BCUT2D eigenvalue weighted by molar-refractivity contribution is 0.102. The Kier molecular flexibility index (Phi) is 6.18. The quantitative estimate of drug-likeness (QED) is 0.525. The lowest BCUT2D eigenvalue weighted by atomic mass is 10.1. The number of thioether (sulfide) groups is 1. The van der Waals surface area contributed by atoms with Crippen LogP contribution in [0, 0.1) is 0 Å². The Bertz CT molecular complexity index is 958. The summed E-state index contributed by atoms with van der Waals surface area (Å²) in [4.78, 5) is 24.3. The van der Waals surface area contributed by atoms with Crippen LogP contribution in [-0.4, -0.2) is 52.1 Å². The number of Topliss-reactive ketones (excluding diaryl/α,β-unsaturated/α-hetero) is 1. The average molecular weight is 411 g/mol. The zero-order chi connectivity index (χ0) is 19.4. The number of benzene rings is 1. The molecule has 2 aromatic rings. The lowest BCUT2D eigenvalue weighted by Gasteiger charge is -2.15. The van der Waals surface area contributed by atoms with Crippen molar-refractivity contribution in [1.29, 1.82) is 0 Å². The molecule has 0 spiro atoms. The van der Waals surface area contributed by atoms with E-state index in [9.17, 15) is 18.0 Å². The molecule has 3 rings (SSSR count). The summed E-state index contributed by atoms with van der Waals surface area (Å²) in [6, 6.07) is 6.03. The summed E-state index contributed by atoms with van der Waals surface area (Å²) >= 11 is 1.19. The van der Waals surface area contributed by atoms with Crippen LogP contribution in [0.5, 0.6) is 0 Å². The van der Waals surface area contributed by atoms with Crippen molar-refractivity contribution in [1.82, 2.24) is 19.1 Å². The molecule has 0 aliphatic carbocycles. The molecule has 0 atom stereocenters. The van der Waals surface area contributed by atoms with Gasteiger partial charge >= 0.3 is 5.69 Å². The number of hydrogen-bond acceptors (Lipinski definition) is 6. The number of nitrogens with one attached hydrogen (secondary N) is 1. The first-order valence-corrected chi connectivity index (χ1v) is 11.3. The first kappa shape index (κ1) is 19.8. The van der Waals surface area contributed by atoms with Crippen LogP contribution in [0.25, 0.3) is 0 Å². The first-order chi connectivity index (χ1) is 12.9. The Morgan fingerprint density at radius 3 is 2.52 bits per heavy atom. The Hall–Kier alpha value is -1.91. The number of nitrogens with zero attached hydrogens (tertiary/aromatic N) is 3. The summed E-state index contributed by atoms with van der Waals surface area (Å²) in [7, 11) is -3.48. The van der Waals surface area contributed by atoms with E-state index in [1.54, 1.807) is 0 Å². The molecule has 1 saturated heterocycles. The van der Waals surface area contributed by atoms with Gasteiger partial charge in [-0.05, 0) is 31.4 Å². The third-order valence-corrected chi connectivity index (χ3v) is 7.27. The topological polar surface area (TPSA) is 105 Å². The highest BCUT2D eigenvalue weighted by Crippen LogP contribution is 2.22. The summed E-state index contributed by atoms with van der Waals surface area (Å²) in [5.41, 5.74) is 0.145. The average Bonchev–Trinajstić information content (AvgIpc) is 3.32. The van der Waals surface area contributed by atoms with E-state index in [0.717, 1.165) is 19.3 Å². The monoisotopic (exact) mass is 410 g/mol. The van der Waals surface area contributed by atoms with Crippen LogP contribution < -0.4 is 5.69 Å². The second-order valence-corrected chi connectivity index (χ2v) is 9.19. The largest absolute Gasteiger partial charge is 0.343 e. The summed E-state index contributed by atoms with van der Waals surface area (Å²) in [6.45, 7) is 3.58. The zero-order valence-electron chi connectivity index (χ0n) is 15.1. The van der Waals surface area contributed by atoms with Gasteiger partial charge in [-0.3, -0.25) is 9.36 Å². The Morgan fingerprint density at radius 1 is 1.22 bits per heavy atom. The SMILES string of the molecule is CCCn1c(SCC(=O)c2ccc(S(=O)(=O)N3CCCC3)cc2)n[nH]c1=O. The van der Waals surface area contributed by atoms with Crippen molar-refractivity contribution in [3.05, 3.63) is 40.3 Å². The maximum absolute atomic E-state index is 12.5. The standard InChI is InChI=1S/C17H22N4O4S2/c1-2-9-21-16(23)18-19-17(21)26-12-15(22)13-5-7-14(8-6-13)27(24,25)20-10-3-4-11-20/h5-8H,2-4,9-12H2,1H3,(H,18,23). The molecular formula is C17H22N4O4S2. The van der Waals surface area contributed by atoms with Crippen LogP contribution in [0.2, 0.25) is 0 Å². The van der Waals surface area contributed by atoms with E-state index in [2.05, 4.69) is 10.2 Å². The van der Waals surface area contributed by atoms with Crippen LogP contribution >= 0.6 is 11.8 Å². The number of carbonyl (C=O) groups is 1. The predicted molar refractivity (Wildman–Crippen MR) is 103 cm³/mol. The summed E-state index contributed by atoms with van der Waals surface area (Å²) < 4.78 is 28.0. The third kappa shape index (κ3) is 4.33. The van der Waals surface area contributed by atoms with Crippen LogP contribution in [-0.2, 0) is 16.6 Å². The molecule has 2 heterocycles. The minimum absolute atomic E-state index is 0.117. The lowest BCUT2D eigenvalue weighted by Crippen LogP contribution is -2.27. The predicted octanol–water partition coefficient (Wildman–Crippen LogP) is 1.74. The number of aromatic amines is 1. The van der Waals surface area contributed by atoms with E-state index in [-0.39, 0.29) is 22.1 Å². The molecule has 1 fully saturated rings. The molecule has 10 heteroatoms.